The maximum Gasteiger partial charge on any atom is 0.251 e. The number of carbonyl (C=O) groups is 1. The van der Waals surface area contributed by atoms with Crippen molar-refractivity contribution >= 4 is 37.0 Å². The lowest BCUT2D eigenvalue weighted by Crippen LogP contribution is -2.56. The summed E-state index contributed by atoms with van der Waals surface area (Å²) in [6.45, 7) is 12.3. The van der Waals surface area contributed by atoms with Gasteiger partial charge in [-0.1, -0.05) is 27.7 Å². The Balaban J connectivity index is 2.48. The van der Waals surface area contributed by atoms with Crippen LogP contribution in [0.1, 0.15) is 79.3 Å². The number of sulfone groups is 1. The van der Waals surface area contributed by atoms with E-state index in [1.54, 1.807) is 34.6 Å². The third-order valence-corrected chi connectivity index (χ3v) is 12.8. The van der Waals surface area contributed by atoms with Crippen LogP contribution in [0.2, 0.25) is 0 Å². The molecule has 8 nitrogen and oxygen atoms in total. The third-order valence-electron chi connectivity index (χ3n) is 6.80. The normalized spacial score (nSPS) is 25.4. The van der Waals surface area contributed by atoms with E-state index in [0.717, 1.165) is 11.3 Å². The lowest BCUT2D eigenvalue weighted by molar-refractivity contribution is -0.136. The van der Waals surface area contributed by atoms with Crippen molar-refractivity contribution < 1.29 is 26.7 Å². The van der Waals surface area contributed by atoms with Crippen LogP contribution in [0.15, 0.2) is 14.5 Å². The highest BCUT2D eigenvalue weighted by molar-refractivity contribution is 7.95. The minimum absolute atomic E-state index is 0.0642. The summed E-state index contributed by atoms with van der Waals surface area (Å²) in [7, 11) is -7.81. The van der Waals surface area contributed by atoms with Crippen LogP contribution in [0.3, 0.4) is 0 Å². The van der Waals surface area contributed by atoms with Gasteiger partial charge in [-0.3, -0.25) is 4.79 Å². The molecule has 5 atom stereocenters. The van der Waals surface area contributed by atoms with Crippen LogP contribution in [0.5, 0.6) is 0 Å². The summed E-state index contributed by atoms with van der Waals surface area (Å²) < 4.78 is 54.8. The lowest BCUT2D eigenvalue weighted by Gasteiger charge is -2.36. The number of thiophene rings is 1. The Hall–Kier alpha value is -0.850. The van der Waals surface area contributed by atoms with E-state index in [2.05, 4.69) is 10.0 Å². The molecule has 0 bridgehead atoms. The van der Waals surface area contributed by atoms with E-state index in [9.17, 15) is 26.7 Å². The zero-order valence-corrected chi connectivity index (χ0v) is 22.3. The SMILES string of the molecule is CCN[C@H]1C[C@H](C)S(=O)(=O)c2sc(S(=O)(=O)NC(C)(CC)C(=O)[C@H](C)C(C)(O)CC)cc21. The summed E-state index contributed by atoms with van der Waals surface area (Å²) in [5.41, 5.74) is -2.26. The highest BCUT2D eigenvalue weighted by atomic mass is 32.3. The van der Waals surface area contributed by atoms with Gasteiger partial charge in [-0.15, -0.1) is 11.3 Å². The van der Waals surface area contributed by atoms with E-state index in [1.807, 2.05) is 6.92 Å². The van der Waals surface area contributed by atoms with Crippen LogP contribution >= 0.6 is 11.3 Å². The summed E-state index contributed by atoms with van der Waals surface area (Å²) in [6, 6.07) is 1.15. The van der Waals surface area contributed by atoms with Gasteiger partial charge < -0.3 is 10.4 Å². The largest absolute Gasteiger partial charge is 0.389 e. The van der Waals surface area contributed by atoms with Gasteiger partial charge in [-0.05, 0) is 52.6 Å². The maximum atomic E-state index is 13.3. The zero-order valence-electron chi connectivity index (χ0n) is 19.9. The molecule has 0 aliphatic carbocycles. The average Bonchev–Trinajstić information content (AvgIpc) is 3.18. The Kier molecular flexibility index (Phi) is 8.06. The topological polar surface area (TPSA) is 130 Å². The second-order valence-electron chi connectivity index (χ2n) is 9.10. The molecular formula is C21H36N2O6S3. The summed E-state index contributed by atoms with van der Waals surface area (Å²) >= 11 is 0.725. The number of ketones is 1. The van der Waals surface area contributed by atoms with E-state index in [1.165, 1.54) is 13.0 Å². The molecule has 2 unspecified atom stereocenters. The van der Waals surface area contributed by atoms with E-state index in [0.29, 0.717) is 24.9 Å². The molecule has 32 heavy (non-hydrogen) atoms. The first-order valence-corrected chi connectivity index (χ1v) is 14.8. The number of hydrogen-bond acceptors (Lipinski definition) is 8. The monoisotopic (exact) mass is 508 g/mol. The van der Waals surface area contributed by atoms with Gasteiger partial charge in [0, 0.05) is 17.5 Å². The highest BCUT2D eigenvalue weighted by Crippen LogP contribution is 2.43. The van der Waals surface area contributed by atoms with Crippen molar-refractivity contribution in [2.75, 3.05) is 6.54 Å². The van der Waals surface area contributed by atoms with Gasteiger partial charge in [0.25, 0.3) is 10.0 Å². The molecule has 1 aliphatic heterocycles. The molecule has 1 aromatic rings. The van der Waals surface area contributed by atoms with Gasteiger partial charge in [0.15, 0.2) is 15.6 Å². The molecule has 184 valence electrons. The molecule has 0 saturated heterocycles. The predicted molar refractivity (Wildman–Crippen MR) is 126 cm³/mol. The van der Waals surface area contributed by atoms with Crippen LogP contribution in [0.25, 0.3) is 0 Å². The second kappa shape index (κ2) is 9.42. The van der Waals surface area contributed by atoms with Crippen LogP contribution < -0.4 is 10.0 Å². The molecule has 2 heterocycles. The van der Waals surface area contributed by atoms with Crippen molar-refractivity contribution in [3.05, 3.63) is 11.6 Å². The molecule has 1 aliphatic rings. The van der Waals surface area contributed by atoms with Crippen molar-refractivity contribution in [2.45, 2.75) is 98.6 Å². The first-order valence-electron chi connectivity index (χ1n) is 11.0. The number of rotatable bonds is 10. The van der Waals surface area contributed by atoms with Crippen molar-refractivity contribution in [1.82, 2.24) is 10.0 Å². The van der Waals surface area contributed by atoms with Crippen LogP contribution in [0, 0.1) is 5.92 Å². The lowest BCUT2D eigenvalue weighted by atomic mass is 9.77. The van der Waals surface area contributed by atoms with E-state index < -0.39 is 48.0 Å². The molecular weight excluding hydrogens is 472 g/mol. The average molecular weight is 509 g/mol. The van der Waals surface area contributed by atoms with Gasteiger partial charge in [0.1, 0.15) is 8.42 Å². The summed E-state index contributed by atoms with van der Waals surface area (Å²) in [4.78, 5) is 13.2. The van der Waals surface area contributed by atoms with Gasteiger partial charge in [-0.2, -0.15) is 4.72 Å². The summed E-state index contributed by atoms with van der Waals surface area (Å²) in [6.07, 6.45) is 0.878. The fourth-order valence-electron chi connectivity index (χ4n) is 3.88. The number of sulfonamides is 1. The van der Waals surface area contributed by atoms with E-state index in [-0.39, 0.29) is 20.9 Å². The van der Waals surface area contributed by atoms with Gasteiger partial charge in [0.2, 0.25) is 0 Å². The molecule has 2 rings (SSSR count). The molecule has 0 saturated carbocycles. The molecule has 0 spiro atoms. The molecule has 0 amide bonds. The van der Waals surface area contributed by atoms with Crippen LogP contribution in [0.4, 0.5) is 0 Å². The van der Waals surface area contributed by atoms with Crippen molar-refractivity contribution in [2.24, 2.45) is 5.92 Å². The molecule has 11 heteroatoms. The standard InChI is InChI=1S/C21H36N2O6S3/c1-8-20(6,18(24)14(5)21(7,25)9-2)23-32(28,29)17-12-15-16(22-10-3)11-13(4)31(26,27)19(15)30-17/h12-14,16,22-23,25H,8-11H2,1-7H3/t13-,14-,16-,20?,21?/m0/s1. The zero-order chi connectivity index (χ0) is 24.7. The number of nitrogens with one attached hydrogen (secondary N) is 2. The second-order valence-corrected chi connectivity index (χ2v) is 14.6. The van der Waals surface area contributed by atoms with Crippen molar-refractivity contribution in [3.63, 3.8) is 0 Å². The molecule has 1 aromatic heterocycles. The number of hydrogen-bond donors (Lipinski definition) is 3. The van der Waals surface area contributed by atoms with Crippen LogP contribution in [-0.4, -0.2) is 50.7 Å². The fourth-order valence-corrected chi connectivity index (χ4v) is 9.33. The Bertz CT molecular complexity index is 1060. The van der Waals surface area contributed by atoms with Gasteiger partial charge in [-0.25, -0.2) is 16.8 Å². The number of carbonyl (C=O) groups excluding carboxylic acids is 1. The Labute approximate surface area is 196 Å². The Morgan fingerprint density at radius 1 is 1.28 bits per heavy atom. The first kappa shape index (κ1) is 27.4. The smallest absolute Gasteiger partial charge is 0.251 e. The number of fused-ring (bicyclic) bond motifs is 1. The summed E-state index contributed by atoms with van der Waals surface area (Å²) in [5, 5.41) is 13.1. The molecule has 0 fully saturated rings. The quantitative estimate of drug-likeness (QED) is 0.443. The first-order chi connectivity index (χ1) is 14.6. The summed E-state index contributed by atoms with van der Waals surface area (Å²) in [5.74, 6) is -1.21. The molecule has 3 N–H and O–H groups in total. The van der Waals surface area contributed by atoms with E-state index >= 15 is 0 Å². The van der Waals surface area contributed by atoms with Gasteiger partial charge in [0.05, 0.1) is 16.4 Å². The number of Topliss-reactive ketones (excluding diaryl/α,β-unsaturated/α-hetero) is 1. The Morgan fingerprint density at radius 3 is 2.38 bits per heavy atom. The van der Waals surface area contributed by atoms with Crippen molar-refractivity contribution in [3.8, 4) is 0 Å². The Morgan fingerprint density at radius 2 is 1.88 bits per heavy atom. The maximum absolute atomic E-state index is 13.3. The van der Waals surface area contributed by atoms with Crippen molar-refractivity contribution in [1.29, 1.82) is 0 Å². The van der Waals surface area contributed by atoms with E-state index in [4.69, 9.17) is 0 Å². The predicted octanol–water partition coefficient (Wildman–Crippen LogP) is 2.78. The molecule has 0 aromatic carbocycles. The van der Waals surface area contributed by atoms with Gasteiger partial charge >= 0.3 is 0 Å². The fraction of sp³-hybridized carbons (Fsp3) is 0.762. The highest BCUT2D eigenvalue weighted by Gasteiger charge is 2.45. The minimum atomic E-state index is -4.19. The van der Waals surface area contributed by atoms with Crippen LogP contribution in [-0.2, 0) is 24.7 Å². The number of aliphatic hydroxyl groups is 1. The minimum Gasteiger partial charge on any atom is -0.389 e. The third kappa shape index (κ3) is 4.97. The molecule has 0 radical (unpaired) electrons.